The van der Waals surface area contributed by atoms with Crippen molar-refractivity contribution in [2.45, 2.75) is 26.7 Å². The van der Waals surface area contributed by atoms with Crippen molar-refractivity contribution in [1.29, 1.82) is 0 Å². The molecule has 0 radical (unpaired) electrons. The van der Waals surface area contributed by atoms with Crippen LogP contribution in [0.3, 0.4) is 0 Å². The van der Waals surface area contributed by atoms with Gasteiger partial charge in [0, 0.05) is 61.5 Å². The van der Waals surface area contributed by atoms with Gasteiger partial charge in [-0.15, -0.1) is 0 Å². The average Bonchev–Trinajstić information content (AvgIpc) is 2.73. The summed E-state index contributed by atoms with van der Waals surface area (Å²) in [4.78, 5) is 28.2. The summed E-state index contributed by atoms with van der Waals surface area (Å²) in [6.45, 7) is 7.54. The Bertz CT molecular complexity index is 690. The van der Waals surface area contributed by atoms with Crippen molar-refractivity contribution in [2.24, 2.45) is 0 Å². The summed E-state index contributed by atoms with van der Waals surface area (Å²) in [5.74, 6) is 0.373. The number of carbonyl (C=O) groups is 2. The third-order valence-electron chi connectivity index (χ3n) is 5.03. The number of carbonyl (C=O) groups excluding carboxylic acids is 2. The maximum Gasteiger partial charge on any atom is 0.162 e. The highest BCUT2D eigenvalue weighted by molar-refractivity contribution is 5.96. The van der Waals surface area contributed by atoms with Gasteiger partial charge in [0.15, 0.2) is 11.6 Å². The number of hydrogen-bond acceptors (Lipinski definition) is 4. The van der Waals surface area contributed by atoms with Crippen molar-refractivity contribution in [1.82, 2.24) is 0 Å². The molecule has 0 saturated carbocycles. The second kappa shape index (κ2) is 8.17. The molecular weight excluding hydrogens is 324 g/mol. The van der Waals surface area contributed by atoms with Crippen molar-refractivity contribution in [2.75, 3.05) is 36.0 Å². The normalized spacial score (nSPS) is 14.4. The van der Waals surface area contributed by atoms with E-state index in [1.54, 1.807) is 0 Å². The van der Waals surface area contributed by atoms with E-state index in [1.165, 1.54) is 11.4 Å². The fourth-order valence-corrected chi connectivity index (χ4v) is 3.35. The maximum atomic E-state index is 11.7. The summed E-state index contributed by atoms with van der Waals surface area (Å²) in [5, 5.41) is 0. The van der Waals surface area contributed by atoms with Crippen molar-refractivity contribution >= 4 is 22.9 Å². The van der Waals surface area contributed by atoms with Crippen LogP contribution in [-0.4, -0.2) is 37.7 Å². The second-order valence-electron chi connectivity index (χ2n) is 6.62. The molecule has 0 amide bonds. The number of piperazine rings is 1. The first-order valence-electron chi connectivity index (χ1n) is 9.38. The van der Waals surface area contributed by atoms with E-state index in [2.05, 4.69) is 9.80 Å². The third-order valence-corrected chi connectivity index (χ3v) is 5.03. The molecule has 4 heteroatoms. The highest BCUT2D eigenvalue weighted by atomic mass is 16.1. The molecule has 3 rings (SSSR count). The standard InChI is InChI=1S/C22H26N2O2/c1-3-21(25)17-5-9-19(10-6-17)23-13-15-24(16-14-23)20-11-7-18(8-12-20)22(26)4-2/h5-12H,3-4,13-16H2,1-2H3. The van der Waals surface area contributed by atoms with E-state index in [1.807, 2.05) is 62.4 Å². The van der Waals surface area contributed by atoms with Crippen LogP contribution < -0.4 is 9.80 Å². The van der Waals surface area contributed by atoms with E-state index in [4.69, 9.17) is 0 Å². The van der Waals surface area contributed by atoms with Gasteiger partial charge in [0.2, 0.25) is 0 Å². The summed E-state index contributed by atoms with van der Waals surface area (Å²) in [7, 11) is 0. The Balaban J connectivity index is 1.60. The molecule has 1 saturated heterocycles. The molecule has 1 aliphatic rings. The Morgan fingerprint density at radius 1 is 0.654 bits per heavy atom. The van der Waals surface area contributed by atoms with Gasteiger partial charge in [0.1, 0.15) is 0 Å². The van der Waals surface area contributed by atoms with E-state index in [9.17, 15) is 9.59 Å². The summed E-state index contributed by atoms with van der Waals surface area (Å²) >= 11 is 0. The summed E-state index contributed by atoms with van der Waals surface area (Å²) in [6, 6.07) is 15.9. The lowest BCUT2D eigenvalue weighted by molar-refractivity contribution is 0.0980. The van der Waals surface area contributed by atoms with Gasteiger partial charge in [-0.05, 0) is 48.5 Å². The van der Waals surface area contributed by atoms with Crippen molar-refractivity contribution in [3.8, 4) is 0 Å². The van der Waals surface area contributed by atoms with Gasteiger partial charge in [-0.25, -0.2) is 0 Å². The zero-order valence-corrected chi connectivity index (χ0v) is 15.6. The maximum absolute atomic E-state index is 11.7. The highest BCUT2D eigenvalue weighted by Crippen LogP contribution is 2.22. The van der Waals surface area contributed by atoms with Crippen LogP contribution in [0.15, 0.2) is 48.5 Å². The zero-order chi connectivity index (χ0) is 18.5. The molecule has 0 aromatic heterocycles. The van der Waals surface area contributed by atoms with E-state index >= 15 is 0 Å². The minimum absolute atomic E-state index is 0.186. The summed E-state index contributed by atoms with van der Waals surface area (Å²) < 4.78 is 0. The summed E-state index contributed by atoms with van der Waals surface area (Å²) in [5.41, 5.74) is 3.91. The van der Waals surface area contributed by atoms with Gasteiger partial charge in [-0.1, -0.05) is 13.8 Å². The Morgan fingerprint density at radius 3 is 1.23 bits per heavy atom. The van der Waals surface area contributed by atoms with E-state index in [-0.39, 0.29) is 11.6 Å². The molecule has 4 nitrogen and oxygen atoms in total. The number of nitrogens with zero attached hydrogens (tertiary/aromatic N) is 2. The first kappa shape index (κ1) is 18.2. The van der Waals surface area contributed by atoms with Gasteiger partial charge in [0.25, 0.3) is 0 Å². The van der Waals surface area contributed by atoms with Gasteiger partial charge in [0.05, 0.1) is 0 Å². The molecule has 1 fully saturated rings. The topological polar surface area (TPSA) is 40.6 Å². The SMILES string of the molecule is CCC(=O)c1ccc(N2CCN(c3ccc(C(=O)CC)cc3)CC2)cc1. The number of benzene rings is 2. The monoisotopic (exact) mass is 350 g/mol. The third kappa shape index (κ3) is 3.96. The minimum atomic E-state index is 0.186. The minimum Gasteiger partial charge on any atom is -0.368 e. The molecule has 1 aliphatic heterocycles. The summed E-state index contributed by atoms with van der Waals surface area (Å²) in [6.07, 6.45) is 1.08. The molecule has 26 heavy (non-hydrogen) atoms. The van der Waals surface area contributed by atoms with Crippen LogP contribution in [0.1, 0.15) is 47.4 Å². The van der Waals surface area contributed by atoms with Crippen molar-refractivity contribution in [3.05, 3.63) is 59.7 Å². The zero-order valence-electron chi connectivity index (χ0n) is 15.6. The molecule has 2 aromatic rings. The Hall–Kier alpha value is -2.62. The Morgan fingerprint density at radius 2 is 0.962 bits per heavy atom. The van der Waals surface area contributed by atoms with E-state index in [0.717, 1.165) is 37.3 Å². The van der Waals surface area contributed by atoms with Gasteiger partial charge >= 0.3 is 0 Å². The fraction of sp³-hybridized carbons (Fsp3) is 0.364. The largest absolute Gasteiger partial charge is 0.368 e. The highest BCUT2D eigenvalue weighted by Gasteiger charge is 2.18. The number of rotatable bonds is 6. The first-order chi connectivity index (χ1) is 12.6. The molecule has 136 valence electrons. The van der Waals surface area contributed by atoms with Gasteiger partial charge in [-0.2, -0.15) is 0 Å². The van der Waals surface area contributed by atoms with Crippen LogP contribution in [0, 0.1) is 0 Å². The average molecular weight is 350 g/mol. The number of hydrogen-bond donors (Lipinski definition) is 0. The molecule has 1 heterocycles. The lowest BCUT2D eigenvalue weighted by Gasteiger charge is -2.37. The molecule has 2 aromatic carbocycles. The number of ketones is 2. The molecule has 0 bridgehead atoms. The van der Waals surface area contributed by atoms with Crippen LogP contribution in [-0.2, 0) is 0 Å². The molecule has 0 aliphatic carbocycles. The molecule has 0 N–H and O–H groups in total. The van der Waals surface area contributed by atoms with Crippen LogP contribution in [0.5, 0.6) is 0 Å². The molecule has 0 atom stereocenters. The quantitative estimate of drug-likeness (QED) is 0.732. The van der Waals surface area contributed by atoms with Gasteiger partial charge in [-0.3, -0.25) is 9.59 Å². The fourth-order valence-electron chi connectivity index (χ4n) is 3.35. The molecular formula is C22H26N2O2. The molecule has 0 spiro atoms. The second-order valence-corrected chi connectivity index (χ2v) is 6.62. The Labute approximate surface area is 155 Å². The lowest BCUT2D eigenvalue weighted by atomic mass is 10.1. The first-order valence-corrected chi connectivity index (χ1v) is 9.38. The predicted molar refractivity (Wildman–Crippen MR) is 107 cm³/mol. The predicted octanol–water partition coefficient (Wildman–Crippen LogP) is 4.20. The Kier molecular flexibility index (Phi) is 5.71. The van der Waals surface area contributed by atoms with E-state index in [0.29, 0.717) is 12.8 Å². The van der Waals surface area contributed by atoms with Crippen LogP contribution in [0.25, 0.3) is 0 Å². The van der Waals surface area contributed by atoms with Crippen molar-refractivity contribution in [3.63, 3.8) is 0 Å². The van der Waals surface area contributed by atoms with E-state index < -0.39 is 0 Å². The number of anilines is 2. The van der Waals surface area contributed by atoms with Crippen molar-refractivity contribution < 1.29 is 9.59 Å². The lowest BCUT2D eigenvalue weighted by Crippen LogP contribution is -2.46. The van der Waals surface area contributed by atoms with Crippen LogP contribution >= 0.6 is 0 Å². The molecule has 0 unspecified atom stereocenters. The number of Topliss-reactive ketones (excluding diaryl/α,β-unsaturated/α-hetero) is 2. The van der Waals surface area contributed by atoms with Gasteiger partial charge < -0.3 is 9.80 Å². The smallest absolute Gasteiger partial charge is 0.162 e. The van der Waals surface area contributed by atoms with Crippen LogP contribution in [0.2, 0.25) is 0 Å². The van der Waals surface area contributed by atoms with Crippen LogP contribution in [0.4, 0.5) is 11.4 Å².